The second-order valence-corrected chi connectivity index (χ2v) is 6.74. The minimum absolute atomic E-state index is 0.00481. The number of nitrogens with zero attached hydrogens (tertiary/aromatic N) is 1. The molecule has 4 heterocycles. The molecule has 2 bridgehead atoms. The molecule has 5 nitrogen and oxygen atoms in total. The van der Waals surface area contributed by atoms with Gasteiger partial charge in [0.2, 0.25) is 5.91 Å². The number of rotatable bonds is 2. The van der Waals surface area contributed by atoms with Gasteiger partial charge in [0.15, 0.2) is 0 Å². The van der Waals surface area contributed by atoms with E-state index in [1.165, 1.54) is 25.9 Å². The van der Waals surface area contributed by atoms with Crippen LogP contribution in [0.5, 0.6) is 0 Å². The van der Waals surface area contributed by atoms with E-state index in [-0.39, 0.29) is 17.9 Å². The smallest absolute Gasteiger partial charge is 0.223 e. The molecule has 5 aliphatic rings. The molecule has 5 heteroatoms. The number of nitrogens with one attached hydrogen (secondary N) is 1. The third-order valence-corrected chi connectivity index (χ3v) is 5.45. The number of amides is 1. The lowest BCUT2D eigenvalue weighted by Gasteiger charge is -2.45. The van der Waals surface area contributed by atoms with Crippen LogP contribution in [0, 0.1) is 11.8 Å². The van der Waals surface area contributed by atoms with E-state index in [1.807, 2.05) is 6.08 Å². The zero-order chi connectivity index (χ0) is 14.2. The largest absolute Gasteiger partial charge is 0.493 e. The minimum Gasteiger partial charge on any atom is -0.493 e. The molecule has 1 unspecified atom stereocenters. The molecule has 1 aliphatic carbocycles. The van der Waals surface area contributed by atoms with Gasteiger partial charge >= 0.3 is 0 Å². The van der Waals surface area contributed by atoms with Gasteiger partial charge in [0.1, 0.15) is 18.5 Å². The van der Waals surface area contributed by atoms with E-state index in [2.05, 4.69) is 10.2 Å². The molecule has 116 valence electrons. The summed E-state index contributed by atoms with van der Waals surface area (Å²) in [6.45, 7) is 4.72. The first kappa shape index (κ1) is 13.6. The van der Waals surface area contributed by atoms with Gasteiger partial charge in [-0.25, -0.2) is 0 Å². The van der Waals surface area contributed by atoms with E-state index in [1.54, 1.807) is 0 Å². The van der Waals surface area contributed by atoms with Gasteiger partial charge in [-0.1, -0.05) is 0 Å². The first-order valence-corrected chi connectivity index (χ1v) is 8.27. The third kappa shape index (κ3) is 2.69. The lowest BCUT2D eigenvalue weighted by molar-refractivity contribution is -0.130. The summed E-state index contributed by atoms with van der Waals surface area (Å²) in [6, 6.07) is 0.355. The van der Waals surface area contributed by atoms with Crippen molar-refractivity contribution in [2.24, 2.45) is 11.8 Å². The van der Waals surface area contributed by atoms with Gasteiger partial charge in [-0.15, -0.1) is 0 Å². The van der Waals surface area contributed by atoms with Crippen LogP contribution in [0.2, 0.25) is 0 Å². The molecule has 21 heavy (non-hydrogen) atoms. The highest BCUT2D eigenvalue weighted by Gasteiger charge is 2.37. The third-order valence-electron chi connectivity index (χ3n) is 5.45. The van der Waals surface area contributed by atoms with Crippen molar-refractivity contribution in [3.05, 3.63) is 11.8 Å². The normalized spacial score (nSPS) is 41.7. The van der Waals surface area contributed by atoms with Crippen molar-refractivity contribution >= 4 is 5.91 Å². The Hall–Kier alpha value is -1.07. The monoisotopic (exact) mass is 292 g/mol. The van der Waals surface area contributed by atoms with Crippen LogP contribution in [0.15, 0.2) is 11.8 Å². The van der Waals surface area contributed by atoms with E-state index in [9.17, 15) is 4.79 Å². The van der Waals surface area contributed by atoms with Crippen LogP contribution in [0.3, 0.4) is 0 Å². The SMILES string of the molecule is O=C(NC1CN2CCC1CC2)[C@@H]1CC=C2OCCO[C@@H]2C1. The standard InChI is InChI=1S/C16H24N2O3/c19-16(17-13-10-18-5-3-11(13)4-6-18)12-1-2-14-15(9-12)21-8-7-20-14/h2,11-13,15H,1,3-10H2,(H,17,19)/t12-,13?,15-/m1/s1. The molecule has 4 saturated heterocycles. The van der Waals surface area contributed by atoms with Gasteiger partial charge in [0.25, 0.3) is 0 Å². The summed E-state index contributed by atoms with van der Waals surface area (Å²) in [6.07, 6.45) is 6.06. The Bertz CT molecular complexity index is 443. The molecule has 0 aromatic heterocycles. The molecule has 0 aromatic carbocycles. The maximum absolute atomic E-state index is 12.6. The van der Waals surface area contributed by atoms with Crippen LogP contribution in [0.25, 0.3) is 0 Å². The number of carbonyl (C=O) groups excluding carboxylic acids is 1. The van der Waals surface area contributed by atoms with Crippen molar-refractivity contribution in [2.75, 3.05) is 32.8 Å². The molecule has 4 fully saturated rings. The van der Waals surface area contributed by atoms with Gasteiger partial charge in [-0.05, 0) is 50.8 Å². The van der Waals surface area contributed by atoms with Crippen molar-refractivity contribution in [1.29, 1.82) is 0 Å². The van der Waals surface area contributed by atoms with Crippen molar-refractivity contribution < 1.29 is 14.3 Å². The Kier molecular flexibility index (Phi) is 3.63. The van der Waals surface area contributed by atoms with Crippen LogP contribution >= 0.6 is 0 Å². The number of ether oxygens (including phenoxy) is 2. The van der Waals surface area contributed by atoms with Crippen LogP contribution in [-0.2, 0) is 14.3 Å². The molecular weight excluding hydrogens is 268 g/mol. The number of fused-ring (bicyclic) bond motifs is 4. The Morgan fingerprint density at radius 2 is 2.14 bits per heavy atom. The van der Waals surface area contributed by atoms with Crippen molar-refractivity contribution in [2.45, 2.75) is 37.8 Å². The maximum Gasteiger partial charge on any atom is 0.223 e. The van der Waals surface area contributed by atoms with Gasteiger partial charge < -0.3 is 19.7 Å². The number of piperidine rings is 3. The highest BCUT2D eigenvalue weighted by molar-refractivity contribution is 5.79. The first-order chi connectivity index (χ1) is 10.3. The molecule has 0 spiro atoms. The predicted molar refractivity (Wildman–Crippen MR) is 77.6 cm³/mol. The summed E-state index contributed by atoms with van der Waals surface area (Å²) in [4.78, 5) is 15.0. The van der Waals surface area contributed by atoms with E-state index in [0.717, 1.165) is 25.1 Å². The minimum atomic E-state index is -0.00481. The Morgan fingerprint density at radius 1 is 1.29 bits per heavy atom. The van der Waals surface area contributed by atoms with Crippen LogP contribution in [-0.4, -0.2) is 55.8 Å². The average Bonchev–Trinajstić information content (AvgIpc) is 2.55. The summed E-state index contributed by atoms with van der Waals surface area (Å²) in [5, 5.41) is 3.31. The number of hydrogen-bond acceptors (Lipinski definition) is 4. The summed E-state index contributed by atoms with van der Waals surface area (Å²) in [7, 11) is 0. The van der Waals surface area contributed by atoms with E-state index in [0.29, 0.717) is 25.2 Å². The van der Waals surface area contributed by atoms with Gasteiger partial charge in [-0.3, -0.25) is 4.79 Å². The quantitative estimate of drug-likeness (QED) is 0.822. The Balaban J connectivity index is 1.36. The Morgan fingerprint density at radius 3 is 2.90 bits per heavy atom. The molecule has 0 saturated carbocycles. The molecule has 5 rings (SSSR count). The molecule has 3 atom stereocenters. The molecule has 1 N–H and O–H groups in total. The van der Waals surface area contributed by atoms with Crippen LogP contribution in [0.1, 0.15) is 25.7 Å². The number of allylic oxidation sites excluding steroid dienone is 1. The highest BCUT2D eigenvalue weighted by Crippen LogP contribution is 2.31. The van der Waals surface area contributed by atoms with E-state index < -0.39 is 0 Å². The highest BCUT2D eigenvalue weighted by atomic mass is 16.6. The average molecular weight is 292 g/mol. The van der Waals surface area contributed by atoms with E-state index >= 15 is 0 Å². The van der Waals surface area contributed by atoms with Gasteiger partial charge in [-0.2, -0.15) is 0 Å². The molecule has 0 aromatic rings. The fourth-order valence-corrected chi connectivity index (χ4v) is 4.16. The second-order valence-electron chi connectivity index (χ2n) is 6.74. The maximum atomic E-state index is 12.6. The molecule has 0 radical (unpaired) electrons. The number of hydrogen-bond donors (Lipinski definition) is 1. The predicted octanol–water partition coefficient (Wildman–Crippen LogP) is 0.906. The second kappa shape index (κ2) is 5.61. The summed E-state index contributed by atoms with van der Waals surface area (Å²) < 4.78 is 11.3. The number of carbonyl (C=O) groups is 1. The molecule has 4 aliphatic heterocycles. The van der Waals surface area contributed by atoms with Crippen LogP contribution in [0.4, 0.5) is 0 Å². The topological polar surface area (TPSA) is 50.8 Å². The van der Waals surface area contributed by atoms with Crippen LogP contribution < -0.4 is 5.32 Å². The zero-order valence-electron chi connectivity index (χ0n) is 12.4. The first-order valence-electron chi connectivity index (χ1n) is 8.27. The van der Waals surface area contributed by atoms with Crippen molar-refractivity contribution in [1.82, 2.24) is 10.2 Å². The summed E-state index contributed by atoms with van der Waals surface area (Å²) in [5.41, 5.74) is 0. The zero-order valence-corrected chi connectivity index (χ0v) is 12.4. The lowest BCUT2D eigenvalue weighted by atomic mass is 9.83. The van der Waals surface area contributed by atoms with Crippen molar-refractivity contribution in [3.8, 4) is 0 Å². The molecular formula is C16H24N2O3. The fourth-order valence-electron chi connectivity index (χ4n) is 4.16. The van der Waals surface area contributed by atoms with E-state index in [4.69, 9.17) is 9.47 Å². The summed E-state index contributed by atoms with van der Waals surface area (Å²) >= 11 is 0. The van der Waals surface area contributed by atoms with Crippen molar-refractivity contribution in [3.63, 3.8) is 0 Å². The van der Waals surface area contributed by atoms with Gasteiger partial charge in [0.05, 0.1) is 6.61 Å². The molecule has 1 amide bonds. The fraction of sp³-hybridized carbons (Fsp3) is 0.812. The van der Waals surface area contributed by atoms with Gasteiger partial charge in [0, 0.05) is 18.5 Å². The lowest BCUT2D eigenvalue weighted by Crippen LogP contribution is -2.58. The summed E-state index contributed by atoms with van der Waals surface area (Å²) in [5.74, 6) is 1.87. The Labute approximate surface area is 125 Å².